The molecule has 1 aliphatic rings. The highest BCUT2D eigenvalue weighted by Crippen LogP contribution is 2.27. The lowest BCUT2D eigenvalue weighted by Crippen LogP contribution is -2.36. The second-order valence-electron chi connectivity index (χ2n) is 5.43. The third-order valence-corrected chi connectivity index (χ3v) is 5.64. The summed E-state index contributed by atoms with van der Waals surface area (Å²) >= 11 is 2.87. The van der Waals surface area contributed by atoms with Crippen LogP contribution in [0.25, 0.3) is 11.4 Å². The zero-order chi connectivity index (χ0) is 15.4. The first-order valence-electron chi connectivity index (χ1n) is 7.54. The molecule has 0 bridgehead atoms. The first-order valence-corrected chi connectivity index (χ1v) is 9.30. The van der Waals surface area contributed by atoms with Crippen LogP contribution in [0.5, 0.6) is 0 Å². The molecule has 1 aliphatic heterocycles. The van der Waals surface area contributed by atoms with E-state index < -0.39 is 0 Å². The van der Waals surface area contributed by atoms with E-state index in [1.54, 1.807) is 0 Å². The number of carbonyl (C=O) groups excluding carboxylic acids is 1. The van der Waals surface area contributed by atoms with Crippen molar-refractivity contribution in [3.63, 3.8) is 0 Å². The van der Waals surface area contributed by atoms with Crippen molar-refractivity contribution < 1.29 is 4.79 Å². The summed E-state index contributed by atoms with van der Waals surface area (Å²) in [5.74, 6) is 1.44. The van der Waals surface area contributed by atoms with Crippen LogP contribution in [0, 0.1) is 6.92 Å². The van der Waals surface area contributed by atoms with Crippen molar-refractivity contribution in [1.82, 2.24) is 14.3 Å². The van der Waals surface area contributed by atoms with Crippen LogP contribution in [-0.2, 0) is 4.79 Å². The normalized spacial score (nSPS) is 15.0. The van der Waals surface area contributed by atoms with Gasteiger partial charge in [0.15, 0.2) is 10.2 Å². The van der Waals surface area contributed by atoms with E-state index in [0.29, 0.717) is 5.75 Å². The highest BCUT2D eigenvalue weighted by Gasteiger charge is 2.17. The van der Waals surface area contributed by atoms with E-state index in [4.69, 9.17) is 0 Å². The Kier molecular flexibility index (Phi) is 5.10. The maximum atomic E-state index is 12.2. The number of hydrogen-bond donors (Lipinski definition) is 0. The molecule has 116 valence electrons. The van der Waals surface area contributed by atoms with Crippen molar-refractivity contribution in [2.24, 2.45) is 0 Å². The van der Waals surface area contributed by atoms with Crippen LogP contribution in [0.2, 0.25) is 0 Å². The molecule has 1 aromatic heterocycles. The van der Waals surface area contributed by atoms with Gasteiger partial charge in [-0.1, -0.05) is 36.0 Å². The van der Waals surface area contributed by atoms with Gasteiger partial charge < -0.3 is 4.90 Å². The molecule has 2 aromatic rings. The fraction of sp³-hybridized carbons (Fsp3) is 0.438. The van der Waals surface area contributed by atoms with Crippen molar-refractivity contribution in [2.75, 3.05) is 18.8 Å². The van der Waals surface area contributed by atoms with Crippen LogP contribution < -0.4 is 0 Å². The molecule has 3 rings (SSSR count). The second kappa shape index (κ2) is 7.24. The maximum absolute atomic E-state index is 12.2. The third-order valence-electron chi connectivity index (χ3n) is 3.82. The molecule has 1 aromatic carbocycles. The Morgan fingerprint density at radius 2 is 2.05 bits per heavy atom. The molecule has 0 radical (unpaired) electrons. The minimum atomic E-state index is 0.220. The van der Waals surface area contributed by atoms with E-state index in [-0.39, 0.29) is 5.91 Å². The third kappa shape index (κ3) is 3.67. The Balaban J connectivity index is 1.60. The quantitative estimate of drug-likeness (QED) is 0.802. The number of carbonyl (C=O) groups is 1. The van der Waals surface area contributed by atoms with E-state index in [9.17, 15) is 4.79 Å². The number of piperidine rings is 1. The molecule has 0 aliphatic carbocycles. The first kappa shape index (κ1) is 15.5. The standard InChI is InChI=1S/C16H19N3OS2/c1-12-7-3-4-8-13(12)15-17-16(22-18-15)21-11-14(20)19-9-5-2-6-10-19/h3-4,7-8H,2,5-6,9-11H2,1H3. The van der Waals surface area contributed by atoms with Gasteiger partial charge in [-0.15, -0.1) is 0 Å². The van der Waals surface area contributed by atoms with Crippen molar-refractivity contribution in [3.05, 3.63) is 29.8 Å². The van der Waals surface area contributed by atoms with Gasteiger partial charge in [0.1, 0.15) is 0 Å². The van der Waals surface area contributed by atoms with Gasteiger partial charge in [-0.3, -0.25) is 4.79 Å². The molecular weight excluding hydrogens is 314 g/mol. The van der Waals surface area contributed by atoms with Crippen molar-refractivity contribution in [1.29, 1.82) is 0 Å². The number of rotatable bonds is 4. The highest BCUT2D eigenvalue weighted by molar-refractivity contribution is 8.01. The lowest BCUT2D eigenvalue weighted by atomic mass is 10.1. The van der Waals surface area contributed by atoms with E-state index in [2.05, 4.69) is 22.3 Å². The maximum Gasteiger partial charge on any atom is 0.233 e. The summed E-state index contributed by atoms with van der Waals surface area (Å²) in [4.78, 5) is 18.7. The minimum absolute atomic E-state index is 0.220. The molecule has 0 atom stereocenters. The van der Waals surface area contributed by atoms with Crippen LogP contribution in [-0.4, -0.2) is 39.0 Å². The summed E-state index contributed by atoms with van der Waals surface area (Å²) < 4.78 is 5.29. The van der Waals surface area contributed by atoms with Crippen LogP contribution in [0.1, 0.15) is 24.8 Å². The predicted octanol–water partition coefficient (Wildman–Crippen LogP) is 3.62. The lowest BCUT2D eigenvalue weighted by molar-refractivity contribution is -0.129. The van der Waals surface area contributed by atoms with Gasteiger partial charge in [-0.05, 0) is 43.3 Å². The van der Waals surface area contributed by atoms with Gasteiger partial charge in [-0.2, -0.15) is 4.37 Å². The van der Waals surface area contributed by atoms with Gasteiger partial charge >= 0.3 is 0 Å². The molecule has 1 amide bonds. The second-order valence-corrected chi connectivity index (χ2v) is 7.40. The minimum Gasteiger partial charge on any atom is -0.342 e. The molecule has 1 fully saturated rings. The number of nitrogens with zero attached hydrogens (tertiary/aromatic N) is 3. The number of likely N-dealkylation sites (tertiary alicyclic amines) is 1. The number of amides is 1. The fourth-order valence-corrected chi connectivity index (χ4v) is 4.07. The Morgan fingerprint density at radius 3 is 2.82 bits per heavy atom. The molecule has 0 saturated carbocycles. The number of thioether (sulfide) groups is 1. The molecule has 0 N–H and O–H groups in total. The molecule has 4 nitrogen and oxygen atoms in total. The van der Waals surface area contributed by atoms with Gasteiger partial charge in [0.25, 0.3) is 0 Å². The van der Waals surface area contributed by atoms with E-state index in [1.165, 1.54) is 35.3 Å². The van der Waals surface area contributed by atoms with Crippen LogP contribution in [0.4, 0.5) is 0 Å². The van der Waals surface area contributed by atoms with Gasteiger partial charge in [0.2, 0.25) is 5.91 Å². The molecule has 22 heavy (non-hydrogen) atoms. The van der Waals surface area contributed by atoms with Gasteiger partial charge in [0, 0.05) is 18.7 Å². The lowest BCUT2D eigenvalue weighted by Gasteiger charge is -2.26. The Hall–Kier alpha value is -1.40. The number of benzene rings is 1. The van der Waals surface area contributed by atoms with E-state index in [0.717, 1.165) is 41.7 Å². The SMILES string of the molecule is Cc1ccccc1-c1nsc(SCC(=O)N2CCCCC2)n1. The van der Waals surface area contributed by atoms with Crippen molar-refractivity contribution >= 4 is 29.2 Å². The first-order chi connectivity index (χ1) is 10.7. The Bertz CT molecular complexity index is 650. The molecular formula is C16H19N3OS2. The monoisotopic (exact) mass is 333 g/mol. The van der Waals surface area contributed by atoms with Crippen molar-refractivity contribution in [3.8, 4) is 11.4 Å². The van der Waals surface area contributed by atoms with E-state index in [1.807, 2.05) is 23.1 Å². The summed E-state index contributed by atoms with van der Waals surface area (Å²) in [6, 6.07) is 8.10. The van der Waals surface area contributed by atoms with Crippen LogP contribution >= 0.6 is 23.3 Å². The largest absolute Gasteiger partial charge is 0.342 e. The van der Waals surface area contributed by atoms with Gasteiger partial charge in [-0.25, -0.2) is 4.98 Å². The molecule has 1 saturated heterocycles. The van der Waals surface area contributed by atoms with E-state index >= 15 is 0 Å². The average molecular weight is 333 g/mol. The predicted molar refractivity (Wildman–Crippen MR) is 91.2 cm³/mol. The molecule has 0 unspecified atom stereocenters. The Morgan fingerprint density at radius 1 is 1.27 bits per heavy atom. The van der Waals surface area contributed by atoms with Crippen LogP contribution in [0.15, 0.2) is 28.6 Å². The highest BCUT2D eigenvalue weighted by atomic mass is 32.2. The summed E-state index contributed by atoms with van der Waals surface area (Å²) in [6.07, 6.45) is 3.51. The fourth-order valence-electron chi connectivity index (χ4n) is 2.56. The molecule has 0 spiro atoms. The number of aromatic nitrogens is 2. The number of hydrogen-bond acceptors (Lipinski definition) is 5. The van der Waals surface area contributed by atoms with Crippen LogP contribution in [0.3, 0.4) is 0 Å². The summed E-state index contributed by atoms with van der Waals surface area (Å²) in [7, 11) is 0. The zero-order valence-electron chi connectivity index (χ0n) is 12.6. The average Bonchev–Trinajstić information content (AvgIpc) is 3.02. The zero-order valence-corrected chi connectivity index (χ0v) is 14.3. The summed E-state index contributed by atoms with van der Waals surface area (Å²) in [5.41, 5.74) is 2.23. The van der Waals surface area contributed by atoms with Gasteiger partial charge in [0.05, 0.1) is 5.75 Å². The van der Waals surface area contributed by atoms with Crippen molar-refractivity contribution in [2.45, 2.75) is 30.5 Å². The topological polar surface area (TPSA) is 46.1 Å². The molecule has 6 heteroatoms. The smallest absolute Gasteiger partial charge is 0.233 e. The number of aryl methyl sites for hydroxylation is 1. The summed E-state index contributed by atoms with van der Waals surface area (Å²) in [6.45, 7) is 3.87. The Labute approximate surface area is 139 Å². The summed E-state index contributed by atoms with van der Waals surface area (Å²) in [5, 5.41) is 0. The molecule has 2 heterocycles.